The number of nitrogens with one attached hydrogen (secondary N) is 2. The van der Waals surface area contributed by atoms with Crippen molar-refractivity contribution in [2.24, 2.45) is 5.92 Å². The largest absolute Gasteiger partial charge is 0.469 e. The maximum Gasteiger partial charge on any atom is 0.305 e. The molecule has 0 radical (unpaired) electrons. The summed E-state index contributed by atoms with van der Waals surface area (Å²) in [5.74, 6) is -1.45. The van der Waals surface area contributed by atoms with E-state index in [2.05, 4.69) is 10.6 Å². The van der Waals surface area contributed by atoms with Gasteiger partial charge in [-0.25, -0.2) is 0 Å². The van der Waals surface area contributed by atoms with Gasteiger partial charge in [-0.2, -0.15) is 0 Å². The average Bonchev–Trinajstić information content (AvgIpc) is 3.79. The smallest absolute Gasteiger partial charge is 0.305 e. The number of carbonyl (C=O) groups is 4. The number of ether oxygens (including phenoxy) is 2. The lowest BCUT2D eigenvalue weighted by Crippen LogP contribution is -2.48. The van der Waals surface area contributed by atoms with Gasteiger partial charge in [-0.15, -0.1) is 0 Å². The molecule has 4 aliphatic heterocycles. The van der Waals surface area contributed by atoms with E-state index < -0.39 is 37.5 Å². The van der Waals surface area contributed by atoms with Crippen LogP contribution in [0.2, 0.25) is 18.6 Å². The first-order valence-corrected chi connectivity index (χ1v) is 20.9. The van der Waals surface area contributed by atoms with Crippen LogP contribution in [0.1, 0.15) is 62.1 Å². The third-order valence-electron chi connectivity index (χ3n) is 11.1. The summed E-state index contributed by atoms with van der Waals surface area (Å²) in [4.78, 5) is 69.0. The molecule has 0 saturated carbocycles. The molecule has 6 rings (SSSR count). The van der Waals surface area contributed by atoms with E-state index in [1.165, 1.54) is 7.11 Å². The number of benzene rings is 2. The summed E-state index contributed by atoms with van der Waals surface area (Å²) >= 11 is 0. The minimum absolute atomic E-state index is 0.0576. The molecule has 3 amide bonds. The molecule has 6 atom stereocenters. The van der Waals surface area contributed by atoms with Gasteiger partial charge in [0.15, 0.2) is 13.9 Å². The van der Waals surface area contributed by atoms with Crippen LogP contribution in [0.15, 0.2) is 42.5 Å². The minimum atomic E-state index is -3.07. The summed E-state index contributed by atoms with van der Waals surface area (Å²) in [6.07, 6.45) is 2.68. The van der Waals surface area contributed by atoms with Crippen LogP contribution in [0.4, 0.5) is 11.4 Å². The highest BCUT2D eigenvalue weighted by atomic mass is 28.4. The van der Waals surface area contributed by atoms with Gasteiger partial charge in [-0.05, 0) is 81.1 Å². The number of nitrogens with zero attached hydrogens (tertiary/aromatic N) is 2. The van der Waals surface area contributed by atoms with Gasteiger partial charge in [0.25, 0.3) is 5.91 Å². The molecular formula is C37H50N4O8Si. The number of anilines is 2. The Balaban J connectivity index is 1.33. The summed E-state index contributed by atoms with van der Waals surface area (Å²) in [6, 6.07) is 12.6. The van der Waals surface area contributed by atoms with Gasteiger partial charge in [0.05, 0.1) is 44.0 Å². The normalized spacial score (nSPS) is 27.4. The van der Waals surface area contributed by atoms with Crippen molar-refractivity contribution in [3.63, 3.8) is 0 Å². The van der Waals surface area contributed by atoms with Crippen LogP contribution >= 0.6 is 0 Å². The average molecular weight is 707 g/mol. The van der Waals surface area contributed by atoms with Crippen molar-refractivity contribution in [2.75, 3.05) is 37.0 Å². The Kier molecular flexibility index (Phi) is 10.5. The molecule has 0 unspecified atom stereocenters. The standard InChI is InChI=1S/C37H50N4O8Si/c1-23-34(50(3,4)47)31(20-32(43)41-21-25-11-6-5-10-24(25)18-27(41)22-42)49-37(23)28-19-26(39-35(45)29-12-9-16-38-29)14-15-30(28)40(36(37)46)17-8-7-13-33(44)48-2/h5-6,10-11,14-15,19,23,27,29,31,34,38,42,47H,7-9,12-13,16-18,20-22H2,1-4H3,(H,39,45)/t23-,27-,29+,31+,34-,37+/m0/s1. The van der Waals surface area contributed by atoms with E-state index in [0.717, 1.165) is 30.5 Å². The molecule has 2 aromatic carbocycles. The van der Waals surface area contributed by atoms with E-state index in [-0.39, 0.29) is 49.2 Å². The molecule has 0 aliphatic carbocycles. The number of rotatable bonds is 11. The predicted octanol–water partition coefficient (Wildman–Crippen LogP) is 3.20. The van der Waals surface area contributed by atoms with Gasteiger partial charge >= 0.3 is 5.97 Å². The third-order valence-corrected chi connectivity index (χ3v) is 13.6. The second-order valence-corrected chi connectivity index (χ2v) is 18.7. The fourth-order valence-corrected chi connectivity index (χ4v) is 11.2. The molecule has 1 spiro atoms. The molecule has 4 heterocycles. The molecule has 2 fully saturated rings. The van der Waals surface area contributed by atoms with Crippen LogP contribution in [0.25, 0.3) is 0 Å². The number of aliphatic hydroxyl groups is 1. The Morgan fingerprint density at radius 1 is 1.14 bits per heavy atom. The van der Waals surface area contributed by atoms with Crippen LogP contribution in [-0.4, -0.2) is 91.8 Å². The first-order valence-electron chi connectivity index (χ1n) is 17.8. The van der Waals surface area contributed by atoms with E-state index >= 15 is 0 Å². The zero-order chi connectivity index (χ0) is 35.8. The van der Waals surface area contributed by atoms with Gasteiger partial charge in [-0.3, -0.25) is 19.2 Å². The number of esters is 1. The van der Waals surface area contributed by atoms with E-state index in [4.69, 9.17) is 9.47 Å². The number of fused-ring (bicyclic) bond motifs is 3. The van der Waals surface area contributed by atoms with Gasteiger partial charge in [0.1, 0.15) is 0 Å². The van der Waals surface area contributed by atoms with Crippen molar-refractivity contribution in [1.29, 1.82) is 0 Å². The fourth-order valence-electron chi connectivity index (χ4n) is 8.69. The second kappa shape index (κ2) is 14.5. The molecule has 270 valence electrons. The molecule has 4 N–H and O–H groups in total. The molecule has 0 bridgehead atoms. The zero-order valence-corrected chi connectivity index (χ0v) is 30.4. The Hall–Kier alpha value is -3.62. The minimum Gasteiger partial charge on any atom is -0.469 e. The lowest BCUT2D eigenvalue weighted by molar-refractivity contribution is -0.151. The lowest BCUT2D eigenvalue weighted by atomic mass is 9.82. The summed E-state index contributed by atoms with van der Waals surface area (Å²) in [5, 5.41) is 16.5. The maximum absolute atomic E-state index is 14.8. The first kappa shape index (κ1) is 36.2. The molecule has 2 saturated heterocycles. The summed E-state index contributed by atoms with van der Waals surface area (Å²) < 4.78 is 11.7. The van der Waals surface area contributed by atoms with Crippen LogP contribution in [0.5, 0.6) is 0 Å². The number of methoxy groups -OCH3 is 1. The number of amides is 3. The highest BCUT2D eigenvalue weighted by Crippen LogP contribution is 2.60. The maximum atomic E-state index is 14.8. The number of carbonyl (C=O) groups excluding carboxylic acids is 4. The van der Waals surface area contributed by atoms with E-state index in [1.807, 2.05) is 56.4 Å². The number of hydrogen-bond donors (Lipinski definition) is 4. The molecule has 4 aliphatic rings. The first-order chi connectivity index (χ1) is 23.9. The summed E-state index contributed by atoms with van der Waals surface area (Å²) in [5.41, 5.74) is 1.93. The number of hydrogen-bond acceptors (Lipinski definition) is 9. The molecule has 13 heteroatoms. The Bertz CT molecular complexity index is 1620. The second-order valence-electron chi connectivity index (χ2n) is 14.8. The number of aliphatic hydroxyl groups excluding tert-OH is 1. The third kappa shape index (κ3) is 6.73. The van der Waals surface area contributed by atoms with E-state index in [0.29, 0.717) is 49.3 Å². The highest BCUT2D eigenvalue weighted by molar-refractivity contribution is 6.71. The van der Waals surface area contributed by atoms with Crippen molar-refractivity contribution < 1.29 is 38.6 Å². The molecular weight excluding hydrogens is 657 g/mol. The summed E-state index contributed by atoms with van der Waals surface area (Å²) in [6.45, 7) is 6.84. The Morgan fingerprint density at radius 3 is 2.58 bits per heavy atom. The molecule has 12 nitrogen and oxygen atoms in total. The Morgan fingerprint density at radius 2 is 1.90 bits per heavy atom. The van der Waals surface area contributed by atoms with Crippen molar-refractivity contribution in [2.45, 2.75) is 101 Å². The lowest BCUT2D eigenvalue weighted by Gasteiger charge is -2.37. The monoisotopic (exact) mass is 706 g/mol. The van der Waals surface area contributed by atoms with Crippen molar-refractivity contribution >= 4 is 43.4 Å². The van der Waals surface area contributed by atoms with Crippen molar-refractivity contribution in [3.8, 4) is 0 Å². The quantitative estimate of drug-likeness (QED) is 0.157. The van der Waals surface area contributed by atoms with Gasteiger partial charge < -0.3 is 39.8 Å². The SMILES string of the molecule is COC(=O)CCCCN1C(=O)[C@]2(O[C@H](CC(=O)N3Cc4ccccc4C[C@H]3CO)[C@@H]([Si](C)(C)O)[C@@H]2C)c2cc(NC(=O)[C@H]3CCCN3)ccc21. The van der Waals surface area contributed by atoms with E-state index in [1.54, 1.807) is 15.9 Å². The van der Waals surface area contributed by atoms with E-state index in [9.17, 15) is 29.1 Å². The van der Waals surface area contributed by atoms with Crippen LogP contribution < -0.4 is 15.5 Å². The molecule has 0 aromatic heterocycles. The van der Waals surface area contributed by atoms with Crippen LogP contribution in [0, 0.1) is 5.92 Å². The van der Waals surface area contributed by atoms with Crippen molar-refractivity contribution in [1.82, 2.24) is 10.2 Å². The van der Waals surface area contributed by atoms with Crippen LogP contribution in [0.3, 0.4) is 0 Å². The number of unbranched alkanes of at least 4 members (excludes halogenated alkanes) is 1. The highest BCUT2D eigenvalue weighted by Gasteiger charge is 2.66. The van der Waals surface area contributed by atoms with Gasteiger partial charge in [0, 0.05) is 42.2 Å². The molecule has 2 aromatic rings. The van der Waals surface area contributed by atoms with Crippen molar-refractivity contribution in [3.05, 3.63) is 59.2 Å². The summed E-state index contributed by atoms with van der Waals surface area (Å²) in [7, 11) is -1.72. The van der Waals surface area contributed by atoms with Crippen LogP contribution in [-0.2, 0) is 47.2 Å². The topological polar surface area (TPSA) is 158 Å². The van der Waals surface area contributed by atoms with Gasteiger partial charge in [0.2, 0.25) is 11.8 Å². The van der Waals surface area contributed by atoms with Gasteiger partial charge in [-0.1, -0.05) is 31.2 Å². The molecule has 50 heavy (non-hydrogen) atoms. The Labute approximate surface area is 294 Å². The fraction of sp³-hybridized carbons (Fsp3) is 0.568. The zero-order valence-electron chi connectivity index (χ0n) is 29.4. The predicted molar refractivity (Wildman–Crippen MR) is 190 cm³/mol.